The van der Waals surface area contributed by atoms with Gasteiger partial charge in [0.1, 0.15) is 4.90 Å². The highest BCUT2D eigenvalue weighted by molar-refractivity contribution is 7.90. The Hall–Kier alpha value is -1.25. The molecular formula is C16H28N4O3S. The van der Waals surface area contributed by atoms with Gasteiger partial charge in [0, 0.05) is 32.3 Å². The fourth-order valence-corrected chi connectivity index (χ4v) is 3.60. The molecule has 2 N–H and O–H groups in total. The molecule has 0 spiro atoms. The molecule has 1 atom stereocenters. The number of aromatic nitrogens is 2. The number of anilines is 1. The van der Waals surface area contributed by atoms with Crippen LogP contribution >= 0.6 is 0 Å². The van der Waals surface area contributed by atoms with E-state index >= 15 is 0 Å². The second-order valence-electron chi connectivity index (χ2n) is 7.22. The van der Waals surface area contributed by atoms with Crippen molar-refractivity contribution in [2.45, 2.75) is 49.5 Å². The zero-order valence-electron chi connectivity index (χ0n) is 14.9. The van der Waals surface area contributed by atoms with Gasteiger partial charge in [-0.15, -0.1) is 0 Å². The normalized spacial score (nSPS) is 19.3. The molecule has 7 nitrogen and oxygen atoms in total. The van der Waals surface area contributed by atoms with E-state index in [1.54, 1.807) is 13.8 Å². The van der Waals surface area contributed by atoms with E-state index in [0.29, 0.717) is 24.6 Å². The highest BCUT2D eigenvalue weighted by Crippen LogP contribution is 2.28. The summed E-state index contributed by atoms with van der Waals surface area (Å²) in [7, 11) is -1.52. The van der Waals surface area contributed by atoms with Gasteiger partial charge in [0.2, 0.25) is 5.95 Å². The lowest BCUT2D eigenvalue weighted by atomic mass is 9.96. The summed E-state index contributed by atoms with van der Waals surface area (Å²) in [4.78, 5) is 10.9. The monoisotopic (exact) mass is 356 g/mol. The van der Waals surface area contributed by atoms with E-state index in [0.717, 1.165) is 25.9 Å². The van der Waals surface area contributed by atoms with Crippen LogP contribution in [0.4, 0.5) is 5.95 Å². The molecule has 0 radical (unpaired) electrons. The van der Waals surface area contributed by atoms with Crippen molar-refractivity contribution in [1.29, 1.82) is 0 Å². The largest absolute Gasteiger partial charge is 0.390 e. The lowest BCUT2D eigenvalue weighted by Gasteiger charge is -2.26. The molecule has 1 fully saturated rings. The van der Waals surface area contributed by atoms with E-state index in [9.17, 15) is 13.5 Å². The van der Waals surface area contributed by atoms with E-state index in [1.807, 2.05) is 11.9 Å². The Morgan fingerprint density at radius 1 is 1.46 bits per heavy atom. The molecule has 1 aliphatic rings. The summed E-state index contributed by atoms with van der Waals surface area (Å²) in [6.45, 7) is 5.78. The van der Waals surface area contributed by atoms with Crippen molar-refractivity contribution in [3.8, 4) is 0 Å². The molecule has 1 aliphatic heterocycles. The van der Waals surface area contributed by atoms with Crippen molar-refractivity contribution in [2.75, 3.05) is 37.8 Å². The number of rotatable bonds is 6. The van der Waals surface area contributed by atoms with Gasteiger partial charge in [-0.1, -0.05) is 0 Å². The van der Waals surface area contributed by atoms with Crippen LogP contribution in [0.3, 0.4) is 0 Å². The zero-order chi connectivity index (χ0) is 18.0. The SMILES string of the molecule is CN(CCC(C)(C)O)c1ncc(S(C)(=O)=O)c(C2CCCNC2)n1. The predicted molar refractivity (Wildman–Crippen MR) is 94.2 cm³/mol. The standard InChI is InChI=1S/C16H28N4O3S/c1-16(2,21)7-9-20(3)15-18-11-13(24(4,22)23)14(19-15)12-6-5-8-17-10-12/h11-12,17,21H,5-10H2,1-4H3. The zero-order valence-corrected chi connectivity index (χ0v) is 15.7. The molecule has 0 aliphatic carbocycles. The Kier molecular flexibility index (Phi) is 5.83. The smallest absolute Gasteiger partial charge is 0.225 e. The summed E-state index contributed by atoms with van der Waals surface area (Å²) < 4.78 is 24.2. The van der Waals surface area contributed by atoms with Crippen LogP contribution in [0, 0.1) is 0 Å². The Labute approximate surface area is 144 Å². The highest BCUT2D eigenvalue weighted by atomic mass is 32.2. The molecule has 24 heavy (non-hydrogen) atoms. The van der Waals surface area contributed by atoms with Crippen LogP contribution < -0.4 is 10.2 Å². The quantitative estimate of drug-likeness (QED) is 0.783. The maximum Gasteiger partial charge on any atom is 0.225 e. The molecule has 1 unspecified atom stereocenters. The van der Waals surface area contributed by atoms with Gasteiger partial charge in [-0.05, 0) is 39.7 Å². The number of hydrogen-bond acceptors (Lipinski definition) is 7. The van der Waals surface area contributed by atoms with E-state index in [-0.39, 0.29) is 10.8 Å². The van der Waals surface area contributed by atoms with E-state index in [4.69, 9.17) is 0 Å². The summed E-state index contributed by atoms with van der Waals surface area (Å²) in [5.41, 5.74) is -0.165. The summed E-state index contributed by atoms with van der Waals surface area (Å²) in [6, 6.07) is 0. The first kappa shape index (κ1) is 19.1. The summed E-state index contributed by atoms with van der Waals surface area (Å²) >= 11 is 0. The summed E-state index contributed by atoms with van der Waals surface area (Å²) in [6.07, 6.45) is 5.10. The maximum absolute atomic E-state index is 12.1. The first-order valence-corrected chi connectivity index (χ1v) is 10.2. The van der Waals surface area contributed by atoms with E-state index in [1.165, 1.54) is 12.5 Å². The van der Waals surface area contributed by atoms with Crippen LogP contribution in [0.25, 0.3) is 0 Å². The van der Waals surface area contributed by atoms with Crippen LogP contribution in [-0.4, -0.2) is 62.0 Å². The average molecular weight is 356 g/mol. The molecule has 1 saturated heterocycles. The molecule has 2 heterocycles. The fraction of sp³-hybridized carbons (Fsp3) is 0.750. The van der Waals surface area contributed by atoms with Crippen molar-refractivity contribution in [3.05, 3.63) is 11.9 Å². The highest BCUT2D eigenvalue weighted by Gasteiger charge is 2.26. The van der Waals surface area contributed by atoms with Gasteiger partial charge in [0.15, 0.2) is 9.84 Å². The van der Waals surface area contributed by atoms with Gasteiger partial charge in [-0.25, -0.2) is 18.4 Å². The Morgan fingerprint density at radius 2 is 2.17 bits per heavy atom. The molecule has 0 amide bonds. The average Bonchev–Trinajstić information content (AvgIpc) is 2.51. The predicted octanol–water partition coefficient (Wildman–Crippen LogP) is 0.944. The van der Waals surface area contributed by atoms with Gasteiger partial charge < -0.3 is 15.3 Å². The second-order valence-corrected chi connectivity index (χ2v) is 9.20. The Morgan fingerprint density at radius 3 is 2.71 bits per heavy atom. The molecule has 1 aromatic heterocycles. The van der Waals surface area contributed by atoms with Crippen LogP contribution in [-0.2, 0) is 9.84 Å². The molecule has 0 aromatic carbocycles. The summed E-state index contributed by atoms with van der Waals surface area (Å²) in [5, 5.41) is 13.2. The van der Waals surface area contributed by atoms with Gasteiger partial charge in [0.05, 0.1) is 17.5 Å². The first-order valence-electron chi connectivity index (χ1n) is 8.29. The minimum atomic E-state index is -3.37. The number of aliphatic hydroxyl groups is 1. The Balaban J connectivity index is 2.31. The third-order valence-corrected chi connectivity index (χ3v) is 5.37. The van der Waals surface area contributed by atoms with Gasteiger partial charge >= 0.3 is 0 Å². The molecule has 8 heteroatoms. The van der Waals surface area contributed by atoms with Crippen molar-refractivity contribution in [1.82, 2.24) is 15.3 Å². The fourth-order valence-electron chi connectivity index (χ4n) is 2.76. The van der Waals surface area contributed by atoms with Crippen molar-refractivity contribution in [2.24, 2.45) is 0 Å². The number of hydrogen-bond donors (Lipinski definition) is 2. The second kappa shape index (κ2) is 7.33. The minimum Gasteiger partial charge on any atom is -0.390 e. The number of nitrogens with one attached hydrogen (secondary N) is 1. The van der Waals surface area contributed by atoms with Gasteiger partial charge in [-0.3, -0.25) is 0 Å². The third kappa shape index (κ3) is 5.12. The van der Waals surface area contributed by atoms with Crippen LogP contribution in [0.2, 0.25) is 0 Å². The molecular weight excluding hydrogens is 328 g/mol. The van der Waals surface area contributed by atoms with Crippen LogP contribution in [0.1, 0.15) is 44.7 Å². The number of piperidine rings is 1. The van der Waals surface area contributed by atoms with Crippen molar-refractivity contribution < 1.29 is 13.5 Å². The van der Waals surface area contributed by atoms with Crippen LogP contribution in [0.15, 0.2) is 11.1 Å². The van der Waals surface area contributed by atoms with Gasteiger partial charge in [-0.2, -0.15) is 0 Å². The molecule has 136 valence electrons. The number of nitrogens with zero attached hydrogens (tertiary/aromatic N) is 3. The number of sulfone groups is 1. The minimum absolute atomic E-state index is 0.0768. The summed E-state index contributed by atoms with van der Waals surface area (Å²) in [5.74, 6) is 0.570. The van der Waals surface area contributed by atoms with Crippen LogP contribution in [0.5, 0.6) is 0 Å². The molecule has 1 aromatic rings. The van der Waals surface area contributed by atoms with Gasteiger partial charge in [0.25, 0.3) is 0 Å². The first-order chi connectivity index (χ1) is 11.1. The lowest BCUT2D eigenvalue weighted by Crippen LogP contribution is -2.32. The van der Waals surface area contributed by atoms with Crippen molar-refractivity contribution in [3.63, 3.8) is 0 Å². The Bertz CT molecular complexity index is 664. The van der Waals surface area contributed by atoms with E-state index in [2.05, 4.69) is 15.3 Å². The topological polar surface area (TPSA) is 95.4 Å². The molecule has 0 saturated carbocycles. The third-order valence-electron chi connectivity index (χ3n) is 4.25. The van der Waals surface area contributed by atoms with E-state index < -0.39 is 15.4 Å². The maximum atomic E-state index is 12.1. The molecule has 0 bridgehead atoms. The lowest BCUT2D eigenvalue weighted by molar-refractivity contribution is 0.0733. The van der Waals surface area contributed by atoms with Crippen molar-refractivity contribution >= 4 is 15.8 Å². The molecule has 2 rings (SSSR count).